The molecule has 0 atom stereocenters. The normalized spacial score (nSPS) is 10.5. The van der Waals surface area contributed by atoms with Gasteiger partial charge in [0.1, 0.15) is 5.75 Å². The molecule has 0 aliphatic heterocycles. The molecule has 0 spiro atoms. The minimum Gasteiger partial charge on any atom is -0.505 e. The molecule has 0 fully saturated rings. The molecule has 0 bridgehead atoms. The van der Waals surface area contributed by atoms with Crippen LogP contribution in [0, 0.1) is 10.1 Å². The number of aliphatic hydroxyl groups excluding tert-OH is 2. The summed E-state index contributed by atoms with van der Waals surface area (Å²) in [5.74, 6) is -0.382. The first-order valence-electron chi connectivity index (χ1n) is 5.02. The Kier molecular flexibility index (Phi) is 4.24. The van der Waals surface area contributed by atoms with E-state index in [1.165, 1.54) is 6.07 Å². The van der Waals surface area contributed by atoms with Gasteiger partial charge in [0.25, 0.3) is 5.69 Å². The minimum atomic E-state index is -0.644. The van der Waals surface area contributed by atoms with Crippen molar-refractivity contribution in [3.05, 3.63) is 27.3 Å². The average Bonchev–Trinajstić information content (AvgIpc) is 2.25. The molecule has 0 aromatic heterocycles. The number of anilines is 1. The average molecular weight is 242 g/mol. The Bertz CT molecular complexity index is 433. The summed E-state index contributed by atoms with van der Waals surface area (Å²) < 4.78 is 0. The number of rotatable bonds is 5. The fourth-order valence-corrected chi connectivity index (χ4v) is 1.69. The number of aromatic hydroxyl groups is 1. The quantitative estimate of drug-likeness (QED) is 0.248. The van der Waals surface area contributed by atoms with Gasteiger partial charge < -0.3 is 21.1 Å². The van der Waals surface area contributed by atoms with Gasteiger partial charge in [-0.15, -0.1) is 0 Å². The van der Waals surface area contributed by atoms with E-state index in [4.69, 9.17) is 15.9 Å². The lowest BCUT2D eigenvalue weighted by atomic mass is 10.00. The van der Waals surface area contributed by atoms with Gasteiger partial charge in [0, 0.05) is 31.6 Å². The fraction of sp³-hybridized carbons (Fsp3) is 0.400. The smallest absolute Gasteiger partial charge is 0.279 e. The monoisotopic (exact) mass is 242 g/mol. The van der Waals surface area contributed by atoms with Crippen LogP contribution in [0.15, 0.2) is 6.07 Å². The molecule has 0 saturated heterocycles. The van der Waals surface area contributed by atoms with Crippen LogP contribution >= 0.6 is 0 Å². The zero-order chi connectivity index (χ0) is 13.0. The molecule has 0 aliphatic rings. The number of nitrogens with two attached hydrogens (primary N) is 1. The fourth-order valence-electron chi connectivity index (χ4n) is 1.69. The van der Waals surface area contributed by atoms with Crippen LogP contribution in [0.2, 0.25) is 0 Å². The first-order chi connectivity index (χ1) is 8.02. The van der Waals surface area contributed by atoms with Crippen molar-refractivity contribution in [2.24, 2.45) is 0 Å². The van der Waals surface area contributed by atoms with Crippen molar-refractivity contribution in [2.45, 2.75) is 12.8 Å². The number of hydrogen-bond acceptors (Lipinski definition) is 6. The van der Waals surface area contributed by atoms with Crippen LogP contribution < -0.4 is 5.73 Å². The number of nitrogen functional groups attached to an aromatic ring is 1. The Balaban J connectivity index is 3.45. The highest BCUT2D eigenvalue weighted by molar-refractivity contribution is 5.67. The van der Waals surface area contributed by atoms with Crippen LogP contribution in [0.1, 0.15) is 11.1 Å². The molecule has 0 amide bonds. The third kappa shape index (κ3) is 2.63. The summed E-state index contributed by atoms with van der Waals surface area (Å²) in [7, 11) is 0. The molecule has 0 heterocycles. The number of nitro groups is 1. The SMILES string of the molecule is Nc1cc(CCO)c([N+](=O)[O-])c(CCO)c1O. The van der Waals surface area contributed by atoms with E-state index >= 15 is 0 Å². The second-order valence-corrected chi connectivity index (χ2v) is 3.51. The topological polar surface area (TPSA) is 130 Å². The van der Waals surface area contributed by atoms with Gasteiger partial charge in [-0.2, -0.15) is 0 Å². The highest BCUT2D eigenvalue weighted by Crippen LogP contribution is 2.36. The number of benzene rings is 1. The van der Waals surface area contributed by atoms with Gasteiger partial charge in [-0.1, -0.05) is 0 Å². The number of nitrogens with zero attached hydrogens (tertiary/aromatic N) is 1. The van der Waals surface area contributed by atoms with Crippen molar-refractivity contribution >= 4 is 11.4 Å². The molecule has 1 aromatic rings. The Morgan fingerprint density at radius 1 is 1.29 bits per heavy atom. The molecular weight excluding hydrogens is 228 g/mol. The molecule has 0 saturated carbocycles. The molecule has 94 valence electrons. The number of phenols is 1. The summed E-state index contributed by atoms with van der Waals surface area (Å²) in [5, 5.41) is 38.3. The summed E-state index contributed by atoms with van der Waals surface area (Å²) in [6.45, 7) is -0.597. The zero-order valence-corrected chi connectivity index (χ0v) is 9.09. The third-order valence-corrected chi connectivity index (χ3v) is 2.40. The largest absolute Gasteiger partial charge is 0.505 e. The molecule has 5 N–H and O–H groups in total. The molecule has 7 heteroatoms. The molecule has 7 nitrogen and oxygen atoms in total. The van der Waals surface area contributed by atoms with Crippen molar-refractivity contribution in [2.75, 3.05) is 18.9 Å². The highest BCUT2D eigenvalue weighted by atomic mass is 16.6. The number of aliphatic hydroxyl groups is 2. The summed E-state index contributed by atoms with van der Waals surface area (Å²) >= 11 is 0. The molecule has 1 rings (SSSR count). The van der Waals surface area contributed by atoms with E-state index in [-0.39, 0.29) is 54.3 Å². The van der Waals surface area contributed by atoms with Crippen molar-refractivity contribution in [3.63, 3.8) is 0 Å². The van der Waals surface area contributed by atoms with Crippen LogP contribution in [0.4, 0.5) is 11.4 Å². The number of nitro benzene ring substituents is 1. The van der Waals surface area contributed by atoms with E-state index < -0.39 is 4.92 Å². The van der Waals surface area contributed by atoms with Gasteiger partial charge in [0.05, 0.1) is 16.2 Å². The van der Waals surface area contributed by atoms with Crippen LogP contribution in [-0.2, 0) is 12.8 Å². The predicted octanol–water partition coefficient (Wildman–Crippen LogP) is -0.0478. The predicted molar refractivity (Wildman–Crippen MR) is 60.8 cm³/mol. The molecule has 17 heavy (non-hydrogen) atoms. The first-order valence-corrected chi connectivity index (χ1v) is 5.02. The standard InChI is InChI=1S/C10H14N2O5/c11-8-5-6(1-3-13)9(12(16)17)7(2-4-14)10(8)15/h5,13-15H,1-4,11H2. The van der Waals surface area contributed by atoms with E-state index in [0.29, 0.717) is 0 Å². The molecule has 0 unspecified atom stereocenters. The molecule has 0 aliphatic carbocycles. The summed E-state index contributed by atoms with van der Waals surface area (Å²) in [4.78, 5) is 10.3. The zero-order valence-electron chi connectivity index (χ0n) is 9.09. The van der Waals surface area contributed by atoms with Gasteiger partial charge in [-0.25, -0.2) is 0 Å². The minimum absolute atomic E-state index is 0.000880. The Morgan fingerprint density at radius 2 is 1.88 bits per heavy atom. The first kappa shape index (κ1) is 13.2. The maximum atomic E-state index is 10.9. The molecule has 1 aromatic carbocycles. The summed E-state index contributed by atoms with van der Waals surface area (Å²) in [6, 6.07) is 1.27. The van der Waals surface area contributed by atoms with Crippen LogP contribution in [-0.4, -0.2) is 33.5 Å². The third-order valence-electron chi connectivity index (χ3n) is 2.40. The van der Waals surface area contributed by atoms with Gasteiger partial charge in [0.2, 0.25) is 0 Å². The lowest BCUT2D eigenvalue weighted by Gasteiger charge is -2.10. The lowest BCUT2D eigenvalue weighted by molar-refractivity contribution is -0.386. The van der Waals surface area contributed by atoms with Crippen LogP contribution in [0.5, 0.6) is 5.75 Å². The maximum absolute atomic E-state index is 10.9. The van der Waals surface area contributed by atoms with E-state index in [2.05, 4.69) is 0 Å². The molecule has 0 radical (unpaired) electrons. The Labute approximate surface area is 97.3 Å². The van der Waals surface area contributed by atoms with Gasteiger partial charge >= 0.3 is 0 Å². The Hall–Kier alpha value is -1.86. The summed E-state index contributed by atoms with van der Waals surface area (Å²) in [6.07, 6.45) is 0.00480. The van der Waals surface area contributed by atoms with Crippen molar-refractivity contribution in [1.82, 2.24) is 0 Å². The van der Waals surface area contributed by atoms with E-state index in [9.17, 15) is 15.2 Å². The van der Waals surface area contributed by atoms with Crippen molar-refractivity contribution in [3.8, 4) is 5.75 Å². The molecular formula is C10H14N2O5. The highest BCUT2D eigenvalue weighted by Gasteiger charge is 2.24. The summed E-state index contributed by atoms with van der Waals surface area (Å²) in [5.41, 5.74) is 5.47. The number of hydrogen-bond donors (Lipinski definition) is 4. The van der Waals surface area contributed by atoms with Crippen LogP contribution in [0.25, 0.3) is 0 Å². The second-order valence-electron chi connectivity index (χ2n) is 3.51. The van der Waals surface area contributed by atoms with E-state index in [1.807, 2.05) is 0 Å². The van der Waals surface area contributed by atoms with Crippen LogP contribution in [0.3, 0.4) is 0 Å². The van der Waals surface area contributed by atoms with Crippen molar-refractivity contribution < 1.29 is 20.2 Å². The van der Waals surface area contributed by atoms with E-state index in [0.717, 1.165) is 0 Å². The van der Waals surface area contributed by atoms with Gasteiger partial charge in [-0.3, -0.25) is 10.1 Å². The number of phenolic OH excluding ortho intramolecular Hbond substituents is 1. The Morgan fingerprint density at radius 3 is 2.35 bits per heavy atom. The van der Waals surface area contributed by atoms with Gasteiger partial charge in [0.15, 0.2) is 0 Å². The second kappa shape index (κ2) is 5.46. The maximum Gasteiger partial charge on any atom is 0.279 e. The van der Waals surface area contributed by atoms with Gasteiger partial charge in [-0.05, 0) is 6.07 Å². The van der Waals surface area contributed by atoms with E-state index in [1.54, 1.807) is 0 Å². The van der Waals surface area contributed by atoms with Crippen molar-refractivity contribution in [1.29, 1.82) is 0 Å². The lowest BCUT2D eigenvalue weighted by Crippen LogP contribution is -2.06.